The largest absolute Gasteiger partial charge is 0.489 e. The standard InChI is InChI=1S/C25H29N5O2S/c1-16(2)32-20-13-18(14-26-15-20)17-5-7-19(8-6-17)28-23(31)25(3,4)22-11-12-27-24(29-22)30-33-21-9-10-21/h5-8,11-16,21H,9-10H2,1-4H3,(H,28,31)(H,27,29,30). The van der Waals surface area contributed by atoms with E-state index in [2.05, 4.69) is 25.0 Å². The van der Waals surface area contributed by atoms with Gasteiger partial charge < -0.3 is 10.1 Å². The summed E-state index contributed by atoms with van der Waals surface area (Å²) in [4.78, 5) is 26.2. The summed E-state index contributed by atoms with van der Waals surface area (Å²) >= 11 is 1.64. The molecule has 2 aromatic heterocycles. The molecule has 1 aliphatic rings. The van der Waals surface area contributed by atoms with Gasteiger partial charge in [-0.2, -0.15) is 0 Å². The second kappa shape index (κ2) is 9.79. The molecule has 1 saturated carbocycles. The summed E-state index contributed by atoms with van der Waals surface area (Å²) in [6.45, 7) is 7.70. The molecule has 0 saturated heterocycles. The molecule has 0 atom stereocenters. The number of anilines is 2. The Morgan fingerprint density at radius 1 is 1.12 bits per heavy atom. The first kappa shape index (κ1) is 23.0. The van der Waals surface area contributed by atoms with Crippen molar-refractivity contribution in [2.75, 3.05) is 10.0 Å². The Balaban J connectivity index is 1.43. The summed E-state index contributed by atoms with van der Waals surface area (Å²) < 4.78 is 8.93. The zero-order valence-electron chi connectivity index (χ0n) is 19.3. The van der Waals surface area contributed by atoms with Gasteiger partial charge in [-0.25, -0.2) is 9.97 Å². The van der Waals surface area contributed by atoms with Crippen LogP contribution >= 0.6 is 11.9 Å². The maximum absolute atomic E-state index is 13.1. The maximum Gasteiger partial charge on any atom is 0.236 e. The number of hydrogen-bond acceptors (Lipinski definition) is 7. The monoisotopic (exact) mass is 463 g/mol. The van der Waals surface area contributed by atoms with Crippen LogP contribution in [0.5, 0.6) is 5.75 Å². The number of ether oxygens (including phenoxy) is 1. The molecule has 3 aromatic rings. The molecule has 0 aliphatic heterocycles. The molecule has 0 bridgehead atoms. The van der Waals surface area contributed by atoms with Crippen LogP contribution in [0.4, 0.5) is 11.6 Å². The van der Waals surface area contributed by atoms with Gasteiger partial charge in [0.1, 0.15) is 5.75 Å². The van der Waals surface area contributed by atoms with Gasteiger partial charge in [-0.1, -0.05) is 12.1 Å². The normalized spacial score (nSPS) is 13.6. The lowest BCUT2D eigenvalue weighted by Gasteiger charge is -2.23. The summed E-state index contributed by atoms with van der Waals surface area (Å²) in [7, 11) is 0. The van der Waals surface area contributed by atoms with Crippen molar-refractivity contribution < 1.29 is 9.53 Å². The molecule has 0 spiro atoms. The van der Waals surface area contributed by atoms with E-state index in [1.165, 1.54) is 12.8 Å². The third-order valence-corrected chi connectivity index (χ3v) is 6.37. The molecule has 1 aliphatic carbocycles. The Hall–Kier alpha value is -3.13. The van der Waals surface area contributed by atoms with Crippen molar-refractivity contribution in [2.24, 2.45) is 0 Å². The third-order valence-electron chi connectivity index (χ3n) is 5.27. The zero-order valence-corrected chi connectivity index (χ0v) is 20.1. The van der Waals surface area contributed by atoms with Crippen molar-refractivity contribution >= 4 is 29.5 Å². The summed E-state index contributed by atoms with van der Waals surface area (Å²) in [5.41, 5.74) is 2.51. The van der Waals surface area contributed by atoms with Crippen LogP contribution in [0.1, 0.15) is 46.2 Å². The molecule has 1 fully saturated rings. The minimum Gasteiger partial charge on any atom is -0.489 e. The van der Waals surface area contributed by atoms with E-state index in [9.17, 15) is 4.79 Å². The zero-order chi connectivity index (χ0) is 23.4. The first-order chi connectivity index (χ1) is 15.8. The first-order valence-electron chi connectivity index (χ1n) is 11.1. The topological polar surface area (TPSA) is 89.0 Å². The Kier molecular flexibility index (Phi) is 6.83. The van der Waals surface area contributed by atoms with Crippen LogP contribution in [-0.4, -0.2) is 32.2 Å². The Bertz CT molecular complexity index is 1110. The number of rotatable bonds is 9. The molecule has 0 unspecified atom stereocenters. The van der Waals surface area contributed by atoms with E-state index in [1.807, 2.05) is 58.0 Å². The molecule has 1 amide bonds. The number of aromatic nitrogens is 3. The highest BCUT2D eigenvalue weighted by atomic mass is 32.2. The average Bonchev–Trinajstić information content (AvgIpc) is 3.63. The molecule has 7 nitrogen and oxygen atoms in total. The minimum atomic E-state index is -0.825. The van der Waals surface area contributed by atoms with Gasteiger partial charge in [0.2, 0.25) is 11.9 Å². The number of amides is 1. The molecule has 2 N–H and O–H groups in total. The number of pyridine rings is 1. The van der Waals surface area contributed by atoms with Crippen molar-refractivity contribution in [3.05, 3.63) is 60.7 Å². The third kappa shape index (κ3) is 6.01. The number of hydrogen-bond donors (Lipinski definition) is 2. The predicted molar refractivity (Wildman–Crippen MR) is 133 cm³/mol. The lowest BCUT2D eigenvalue weighted by Crippen LogP contribution is -2.35. The molecule has 0 radical (unpaired) electrons. The molecule has 8 heteroatoms. The fraction of sp³-hybridized carbons (Fsp3) is 0.360. The smallest absolute Gasteiger partial charge is 0.236 e. The lowest BCUT2D eigenvalue weighted by molar-refractivity contribution is -0.120. The predicted octanol–water partition coefficient (Wildman–Crippen LogP) is 5.46. The molecule has 172 valence electrons. The van der Waals surface area contributed by atoms with Crippen LogP contribution in [-0.2, 0) is 10.2 Å². The molecular weight excluding hydrogens is 434 g/mol. The minimum absolute atomic E-state index is 0.0849. The fourth-order valence-corrected chi connectivity index (χ4v) is 3.88. The van der Waals surface area contributed by atoms with Crippen LogP contribution < -0.4 is 14.8 Å². The van der Waals surface area contributed by atoms with E-state index in [0.29, 0.717) is 16.9 Å². The molecule has 1 aromatic carbocycles. The van der Waals surface area contributed by atoms with E-state index in [4.69, 9.17) is 4.74 Å². The fourth-order valence-electron chi connectivity index (χ4n) is 3.14. The second-order valence-electron chi connectivity index (χ2n) is 8.92. The summed E-state index contributed by atoms with van der Waals surface area (Å²) in [6, 6.07) is 11.4. The molecule has 33 heavy (non-hydrogen) atoms. The van der Waals surface area contributed by atoms with E-state index in [0.717, 1.165) is 22.6 Å². The van der Waals surface area contributed by atoms with Gasteiger partial charge >= 0.3 is 0 Å². The van der Waals surface area contributed by atoms with Crippen LogP contribution in [0.3, 0.4) is 0 Å². The van der Waals surface area contributed by atoms with Crippen molar-refractivity contribution in [1.29, 1.82) is 0 Å². The maximum atomic E-state index is 13.1. The van der Waals surface area contributed by atoms with Gasteiger partial charge in [0.05, 0.1) is 23.4 Å². The second-order valence-corrected chi connectivity index (χ2v) is 10.0. The van der Waals surface area contributed by atoms with E-state index < -0.39 is 5.41 Å². The SMILES string of the molecule is CC(C)Oc1cncc(-c2ccc(NC(=O)C(C)(C)c3ccnc(NSC4CC4)n3)cc2)c1. The van der Waals surface area contributed by atoms with Gasteiger partial charge in [0.15, 0.2) is 0 Å². The van der Waals surface area contributed by atoms with E-state index in [-0.39, 0.29) is 12.0 Å². The number of nitrogens with zero attached hydrogens (tertiary/aromatic N) is 3. The number of carbonyl (C=O) groups excluding carboxylic acids is 1. The van der Waals surface area contributed by atoms with Gasteiger partial charge in [-0.15, -0.1) is 0 Å². The number of carbonyl (C=O) groups is 1. The van der Waals surface area contributed by atoms with Crippen molar-refractivity contribution in [2.45, 2.75) is 57.3 Å². The summed E-state index contributed by atoms with van der Waals surface area (Å²) in [5, 5.41) is 3.65. The van der Waals surface area contributed by atoms with Crippen LogP contribution in [0, 0.1) is 0 Å². The number of nitrogens with one attached hydrogen (secondary N) is 2. The summed E-state index contributed by atoms with van der Waals surface area (Å²) in [5.74, 6) is 1.13. The van der Waals surface area contributed by atoms with Gasteiger partial charge in [0, 0.05) is 28.9 Å². The highest BCUT2D eigenvalue weighted by molar-refractivity contribution is 8.01. The highest BCUT2D eigenvalue weighted by Crippen LogP contribution is 2.34. The van der Waals surface area contributed by atoms with Crippen LogP contribution in [0.15, 0.2) is 55.0 Å². The quantitative estimate of drug-likeness (QED) is 0.407. The first-order valence-corrected chi connectivity index (χ1v) is 12.0. The van der Waals surface area contributed by atoms with E-state index >= 15 is 0 Å². The Labute approximate surface area is 198 Å². The van der Waals surface area contributed by atoms with Gasteiger partial charge in [-0.3, -0.25) is 14.5 Å². The highest BCUT2D eigenvalue weighted by Gasteiger charge is 2.32. The number of benzene rings is 1. The molecule has 4 rings (SSSR count). The van der Waals surface area contributed by atoms with E-state index in [1.54, 1.807) is 36.6 Å². The van der Waals surface area contributed by atoms with Crippen molar-refractivity contribution in [1.82, 2.24) is 15.0 Å². The summed E-state index contributed by atoms with van der Waals surface area (Å²) in [6.07, 6.45) is 7.72. The van der Waals surface area contributed by atoms with Gasteiger partial charge in [0.25, 0.3) is 0 Å². The van der Waals surface area contributed by atoms with Crippen molar-refractivity contribution in [3.63, 3.8) is 0 Å². The lowest BCUT2D eigenvalue weighted by atomic mass is 9.88. The van der Waals surface area contributed by atoms with Crippen LogP contribution in [0.25, 0.3) is 11.1 Å². The van der Waals surface area contributed by atoms with Crippen LogP contribution in [0.2, 0.25) is 0 Å². The Morgan fingerprint density at radius 3 is 2.58 bits per heavy atom. The van der Waals surface area contributed by atoms with Gasteiger partial charge in [-0.05, 0) is 82.3 Å². The molecular formula is C25H29N5O2S. The Morgan fingerprint density at radius 2 is 1.88 bits per heavy atom. The van der Waals surface area contributed by atoms with Crippen molar-refractivity contribution in [3.8, 4) is 16.9 Å². The molecule has 2 heterocycles. The average molecular weight is 464 g/mol.